The number of rotatable bonds is 7. The number of anilines is 1. The predicted molar refractivity (Wildman–Crippen MR) is 107 cm³/mol. The van der Waals surface area contributed by atoms with E-state index in [1.165, 1.54) is 12.4 Å². The molecule has 0 aliphatic carbocycles. The van der Waals surface area contributed by atoms with Crippen LogP contribution in [-0.2, 0) is 11.3 Å². The van der Waals surface area contributed by atoms with E-state index in [4.69, 9.17) is 16.0 Å². The molecule has 1 atom stereocenters. The van der Waals surface area contributed by atoms with Gasteiger partial charge in [-0.05, 0) is 30.3 Å². The molecule has 2 aromatic heterocycles. The van der Waals surface area contributed by atoms with Crippen LogP contribution in [0.1, 0.15) is 37.1 Å². The second-order valence-electron chi connectivity index (χ2n) is 6.77. The van der Waals surface area contributed by atoms with Crippen LogP contribution in [0.25, 0.3) is 11.5 Å². The largest absolute Gasteiger partial charge is 0.471 e. The summed E-state index contributed by atoms with van der Waals surface area (Å²) in [6.45, 7) is 2.29. The minimum Gasteiger partial charge on any atom is -0.380 e. The number of pyridine rings is 1. The van der Waals surface area contributed by atoms with Gasteiger partial charge in [0.25, 0.3) is 11.6 Å². The van der Waals surface area contributed by atoms with Gasteiger partial charge in [-0.1, -0.05) is 31.0 Å². The number of aromatic nitrogens is 2. The molecule has 0 radical (unpaired) electrons. The van der Waals surface area contributed by atoms with Crippen molar-refractivity contribution in [2.24, 2.45) is 0 Å². The van der Waals surface area contributed by atoms with Crippen molar-refractivity contribution in [3.8, 4) is 11.5 Å². The summed E-state index contributed by atoms with van der Waals surface area (Å²) in [6.07, 6.45) is -2.19. The van der Waals surface area contributed by atoms with Gasteiger partial charge in [0.15, 0.2) is 12.6 Å². The number of halogens is 4. The number of alkyl halides is 3. The quantitative estimate of drug-likeness (QED) is 0.509. The van der Waals surface area contributed by atoms with Crippen molar-refractivity contribution in [2.45, 2.75) is 38.6 Å². The molecule has 31 heavy (non-hydrogen) atoms. The number of unbranched alkanes of at least 4 members (excludes halogenated alkanes) is 1. The van der Waals surface area contributed by atoms with Crippen molar-refractivity contribution in [2.75, 3.05) is 5.32 Å². The topological polar surface area (TPSA) is 79.2 Å². The summed E-state index contributed by atoms with van der Waals surface area (Å²) >= 11 is 5.94. The number of hydrogen-bond donors (Lipinski definition) is 2. The lowest BCUT2D eigenvalue weighted by molar-refractivity contribution is -0.698. The van der Waals surface area contributed by atoms with Crippen LogP contribution in [0.4, 0.5) is 19.1 Å². The molecule has 1 amide bonds. The molecule has 0 aliphatic rings. The first-order chi connectivity index (χ1) is 14.7. The molecular formula is C21H20ClF3N3O3+. The van der Waals surface area contributed by atoms with Crippen molar-refractivity contribution >= 4 is 23.4 Å². The monoisotopic (exact) mass is 454 g/mol. The first-order valence-corrected chi connectivity index (χ1v) is 9.88. The van der Waals surface area contributed by atoms with Crippen molar-refractivity contribution < 1.29 is 32.1 Å². The minimum atomic E-state index is -5.13. The van der Waals surface area contributed by atoms with E-state index >= 15 is 0 Å². The lowest BCUT2D eigenvalue weighted by Crippen LogP contribution is -2.40. The average Bonchev–Trinajstić information content (AvgIpc) is 3.10. The van der Waals surface area contributed by atoms with Crippen LogP contribution in [0.3, 0.4) is 0 Å². The van der Waals surface area contributed by atoms with Gasteiger partial charge < -0.3 is 9.52 Å². The fraction of sp³-hybridized carbons (Fsp3) is 0.286. The van der Waals surface area contributed by atoms with E-state index in [0.717, 1.165) is 6.42 Å². The third-order valence-corrected chi connectivity index (χ3v) is 4.79. The molecule has 0 fully saturated rings. The van der Waals surface area contributed by atoms with Gasteiger partial charge in [-0.3, -0.25) is 15.1 Å². The van der Waals surface area contributed by atoms with E-state index in [1.54, 1.807) is 46.3 Å². The Labute approximate surface area is 181 Å². The Hall–Kier alpha value is -2.91. The van der Waals surface area contributed by atoms with E-state index in [9.17, 15) is 23.1 Å². The highest BCUT2D eigenvalue weighted by molar-refractivity contribution is 6.30. The standard InChI is InChI=1S/C21H19ClF3N3O3/c1-2-3-11-28-16(17(29)14-5-4-10-26-12-14)18(27-20(30)21(23,24)25)31-19(28)13-6-8-15(22)9-7-13/h4-10,12,17,29H,2-3,11H2,1H3/p+1. The lowest BCUT2D eigenvalue weighted by atomic mass is 10.1. The third kappa shape index (κ3) is 5.23. The van der Waals surface area contributed by atoms with E-state index in [-0.39, 0.29) is 11.6 Å². The number of oxazole rings is 1. The van der Waals surface area contributed by atoms with Gasteiger partial charge in [0.05, 0.1) is 5.56 Å². The number of benzene rings is 1. The Morgan fingerprint density at radius 3 is 2.58 bits per heavy atom. The summed E-state index contributed by atoms with van der Waals surface area (Å²) in [7, 11) is 0. The van der Waals surface area contributed by atoms with Crippen LogP contribution in [0.5, 0.6) is 0 Å². The van der Waals surface area contributed by atoms with Crippen LogP contribution < -0.4 is 9.88 Å². The molecule has 6 nitrogen and oxygen atoms in total. The lowest BCUT2D eigenvalue weighted by Gasteiger charge is -2.10. The SMILES string of the molecule is CCCC[n+]1c(-c2ccc(Cl)cc2)oc(NC(=O)C(F)(F)F)c1C(O)c1cccnc1. The Morgan fingerprint density at radius 2 is 2.00 bits per heavy atom. The second-order valence-corrected chi connectivity index (χ2v) is 7.21. The molecule has 164 valence electrons. The zero-order valence-electron chi connectivity index (χ0n) is 16.5. The summed E-state index contributed by atoms with van der Waals surface area (Å²) in [4.78, 5) is 15.6. The van der Waals surface area contributed by atoms with E-state index < -0.39 is 24.1 Å². The van der Waals surface area contributed by atoms with Crippen LogP contribution in [0, 0.1) is 0 Å². The Kier molecular flexibility index (Phi) is 6.97. The second kappa shape index (κ2) is 9.49. The average molecular weight is 455 g/mol. The smallest absolute Gasteiger partial charge is 0.380 e. The molecule has 0 spiro atoms. The van der Waals surface area contributed by atoms with E-state index in [2.05, 4.69) is 4.98 Å². The third-order valence-electron chi connectivity index (χ3n) is 4.54. The number of aliphatic hydroxyl groups is 1. The molecule has 0 bridgehead atoms. The first-order valence-electron chi connectivity index (χ1n) is 9.51. The van der Waals surface area contributed by atoms with Crippen molar-refractivity contribution in [3.63, 3.8) is 0 Å². The molecule has 1 aromatic carbocycles. The predicted octanol–water partition coefficient (Wildman–Crippen LogP) is 4.67. The van der Waals surface area contributed by atoms with Gasteiger partial charge in [-0.2, -0.15) is 17.7 Å². The highest BCUT2D eigenvalue weighted by Crippen LogP contribution is 2.33. The molecule has 2 heterocycles. The molecule has 2 N–H and O–H groups in total. The fourth-order valence-corrected chi connectivity index (χ4v) is 3.14. The van der Waals surface area contributed by atoms with Gasteiger partial charge in [-0.15, -0.1) is 0 Å². The zero-order valence-corrected chi connectivity index (χ0v) is 17.2. The molecule has 3 rings (SSSR count). The minimum absolute atomic E-state index is 0.0102. The first kappa shape index (κ1) is 22.8. The van der Waals surface area contributed by atoms with Crippen LogP contribution in [0.2, 0.25) is 5.02 Å². The maximum atomic E-state index is 12.9. The molecule has 10 heteroatoms. The number of carbonyl (C=O) groups excluding carboxylic acids is 1. The molecule has 0 saturated heterocycles. The van der Waals surface area contributed by atoms with Crippen LogP contribution >= 0.6 is 11.6 Å². The Morgan fingerprint density at radius 1 is 1.29 bits per heavy atom. The number of aliphatic hydroxyl groups excluding tert-OH is 1. The molecule has 3 aromatic rings. The zero-order chi connectivity index (χ0) is 22.6. The van der Waals surface area contributed by atoms with Crippen LogP contribution in [-0.4, -0.2) is 22.2 Å². The van der Waals surface area contributed by atoms with Gasteiger partial charge in [-0.25, -0.2) is 0 Å². The highest BCUT2D eigenvalue weighted by Gasteiger charge is 2.43. The molecule has 1 unspecified atom stereocenters. The number of nitrogens with one attached hydrogen (secondary N) is 1. The Balaban J connectivity index is 2.19. The number of hydrogen-bond acceptors (Lipinski definition) is 4. The van der Waals surface area contributed by atoms with Crippen LogP contribution in [0.15, 0.2) is 53.2 Å². The molecule has 0 saturated carbocycles. The summed E-state index contributed by atoms with van der Waals surface area (Å²) < 4.78 is 46.0. The Bertz CT molecular complexity index is 1040. The highest BCUT2D eigenvalue weighted by atomic mass is 35.5. The van der Waals surface area contributed by atoms with E-state index in [1.807, 2.05) is 6.92 Å². The molecule has 0 aliphatic heterocycles. The summed E-state index contributed by atoms with van der Waals surface area (Å²) in [5.74, 6) is -2.51. The number of nitrogens with zero attached hydrogens (tertiary/aromatic N) is 2. The maximum Gasteiger partial charge on any atom is 0.471 e. The maximum absolute atomic E-state index is 12.9. The van der Waals surface area contributed by atoms with Crippen molar-refractivity contribution in [3.05, 3.63) is 65.1 Å². The van der Waals surface area contributed by atoms with Crippen molar-refractivity contribution in [1.82, 2.24) is 4.98 Å². The number of carbonyl (C=O) groups is 1. The normalized spacial score (nSPS) is 12.6. The number of amides is 1. The van der Waals surface area contributed by atoms with Gasteiger partial charge in [0.2, 0.25) is 0 Å². The van der Waals surface area contributed by atoms with Gasteiger partial charge in [0.1, 0.15) is 0 Å². The fourth-order valence-electron chi connectivity index (χ4n) is 3.01. The summed E-state index contributed by atoms with van der Waals surface area (Å²) in [5.41, 5.74) is 0.843. The van der Waals surface area contributed by atoms with Gasteiger partial charge >= 0.3 is 18.0 Å². The summed E-state index contributed by atoms with van der Waals surface area (Å²) in [5, 5.41) is 13.2. The van der Waals surface area contributed by atoms with Crippen molar-refractivity contribution in [1.29, 1.82) is 0 Å². The molecular weight excluding hydrogens is 435 g/mol. The van der Waals surface area contributed by atoms with E-state index in [0.29, 0.717) is 29.1 Å². The van der Waals surface area contributed by atoms with Gasteiger partial charge in [0, 0.05) is 29.4 Å². The summed E-state index contributed by atoms with van der Waals surface area (Å²) in [6, 6.07) is 9.65.